The summed E-state index contributed by atoms with van der Waals surface area (Å²) in [7, 11) is 1.37. The van der Waals surface area contributed by atoms with Gasteiger partial charge in [0.25, 0.3) is 0 Å². The average Bonchev–Trinajstić information content (AvgIpc) is 3.21. The van der Waals surface area contributed by atoms with Gasteiger partial charge in [-0.25, -0.2) is 14.6 Å². The third kappa shape index (κ3) is 4.51. The van der Waals surface area contributed by atoms with Crippen LogP contribution in [-0.4, -0.2) is 71.5 Å². The lowest BCUT2D eigenvalue weighted by Gasteiger charge is -2.35. The lowest BCUT2D eigenvalue weighted by atomic mass is 10.1. The molecule has 1 aliphatic rings. The van der Waals surface area contributed by atoms with Gasteiger partial charge in [-0.3, -0.25) is 9.58 Å². The molecule has 4 rings (SSSR count). The predicted octanol–water partition coefficient (Wildman–Crippen LogP) is 2.17. The number of methoxy groups -OCH3 is 1. The number of pyridine rings is 1. The molecule has 1 fully saturated rings. The van der Waals surface area contributed by atoms with Crippen LogP contribution in [0.1, 0.15) is 27.6 Å². The van der Waals surface area contributed by atoms with Gasteiger partial charge in [0, 0.05) is 37.8 Å². The number of nitrogens with zero attached hydrogens (tertiary/aromatic N) is 5. The number of anilines is 1. The summed E-state index contributed by atoms with van der Waals surface area (Å²) in [5.74, 6) is 0.152. The fourth-order valence-corrected chi connectivity index (χ4v) is 3.66. The minimum Gasteiger partial charge on any atom is -0.465 e. The third-order valence-corrected chi connectivity index (χ3v) is 5.35. The molecule has 3 aromatic rings. The first-order valence-electron chi connectivity index (χ1n) is 10.2. The number of rotatable bonds is 6. The second-order valence-electron chi connectivity index (χ2n) is 7.28. The van der Waals surface area contributed by atoms with E-state index in [1.807, 2.05) is 16.8 Å². The summed E-state index contributed by atoms with van der Waals surface area (Å²) >= 11 is 0. The largest absolute Gasteiger partial charge is 0.465 e. The van der Waals surface area contributed by atoms with Crippen molar-refractivity contribution in [3.8, 4) is 0 Å². The molecule has 1 aromatic carbocycles. The van der Waals surface area contributed by atoms with E-state index < -0.39 is 0 Å². The highest BCUT2D eigenvalue weighted by Crippen LogP contribution is 2.19. The molecule has 2 aromatic heterocycles. The maximum atomic E-state index is 11.8. The number of esters is 2. The van der Waals surface area contributed by atoms with E-state index in [1.54, 1.807) is 37.5 Å². The molecule has 0 N–H and O–H groups in total. The zero-order valence-electron chi connectivity index (χ0n) is 17.7. The summed E-state index contributed by atoms with van der Waals surface area (Å²) in [4.78, 5) is 32.4. The highest BCUT2D eigenvalue weighted by molar-refractivity contribution is 5.94. The van der Waals surface area contributed by atoms with Crippen LogP contribution in [0.5, 0.6) is 0 Å². The van der Waals surface area contributed by atoms with Gasteiger partial charge < -0.3 is 14.4 Å². The molecule has 9 nitrogen and oxygen atoms in total. The van der Waals surface area contributed by atoms with Crippen LogP contribution < -0.4 is 4.90 Å². The molecule has 0 aliphatic carbocycles. The predicted molar refractivity (Wildman–Crippen MR) is 115 cm³/mol. The lowest BCUT2D eigenvalue weighted by molar-refractivity contribution is 0.0525. The summed E-state index contributed by atoms with van der Waals surface area (Å²) in [6.45, 7) is 6.19. The first kappa shape index (κ1) is 20.8. The van der Waals surface area contributed by atoms with Crippen molar-refractivity contribution >= 4 is 28.7 Å². The molecule has 31 heavy (non-hydrogen) atoms. The van der Waals surface area contributed by atoms with Gasteiger partial charge in [0.2, 0.25) is 0 Å². The van der Waals surface area contributed by atoms with Gasteiger partial charge >= 0.3 is 11.9 Å². The molecule has 0 spiro atoms. The van der Waals surface area contributed by atoms with Crippen molar-refractivity contribution in [2.75, 3.05) is 44.8 Å². The highest BCUT2D eigenvalue weighted by Gasteiger charge is 2.20. The Morgan fingerprint density at radius 3 is 2.45 bits per heavy atom. The van der Waals surface area contributed by atoms with Crippen molar-refractivity contribution < 1.29 is 19.1 Å². The monoisotopic (exact) mass is 423 g/mol. The Morgan fingerprint density at radius 1 is 1.00 bits per heavy atom. The Morgan fingerprint density at radius 2 is 1.77 bits per heavy atom. The van der Waals surface area contributed by atoms with E-state index in [4.69, 9.17) is 9.47 Å². The van der Waals surface area contributed by atoms with E-state index in [1.165, 1.54) is 7.11 Å². The fraction of sp³-hybridized carbons (Fsp3) is 0.364. The second kappa shape index (κ2) is 9.13. The summed E-state index contributed by atoms with van der Waals surface area (Å²) in [5, 5.41) is 5.40. The molecule has 0 unspecified atom stereocenters. The molecule has 0 atom stereocenters. The van der Waals surface area contributed by atoms with Gasteiger partial charge in [-0.2, -0.15) is 5.10 Å². The molecular formula is C22H25N5O4. The molecular weight excluding hydrogens is 398 g/mol. The van der Waals surface area contributed by atoms with Crippen molar-refractivity contribution in [2.24, 2.45) is 0 Å². The van der Waals surface area contributed by atoms with Crippen LogP contribution in [0.3, 0.4) is 0 Å². The van der Waals surface area contributed by atoms with Crippen LogP contribution in [0.2, 0.25) is 0 Å². The van der Waals surface area contributed by atoms with Gasteiger partial charge in [-0.1, -0.05) is 0 Å². The van der Waals surface area contributed by atoms with Gasteiger partial charge in [-0.15, -0.1) is 0 Å². The minimum atomic E-state index is -0.352. The molecule has 0 bridgehead atoms. The Labute approximate surface area is 180 Å². The van der Waals surface area contributed by atoms with E-state index in [0.29, 0.717) is 24.4 Å². The number of ether oxygens (including phenoxy) is 2. The minimum absolute atomic E-state index is 0.348. The van der Waals surface area contributed by atoms with Crippen LogP contribution >= 0.6 is 0 Å². The van der Waals surface area contributed by atoms with Crippen molar-refractivity contribution in [3.05, 3.63) is 53.9 Å². The molecule has 0 saturated carbocycles. The summed E-state index contributed by atoms with van der Waals surface area (Å²) in [5.41, 5.74) is 1.96. The van der Waals surface area contributed by atoms with Crippen LogP contribution in [0.15, 0.2) is 42.7 Å². The van der Waals surface area contributed by atoms with Crippen LogP contribution in [0, 0.1) is 0 Å². The van der Waals surface area contributed by atoms with Crippen molar-refractivity contribution in [3.63, 3.8) is 0 Å². The number of piperazine rings is 1. The Kier molecular flexibility index (Phi) is 6.13. The number of carbonyl (C=O) groups excluding carboxylic acids is 2. The quantitative estimate of drug-likeness (QED) is 0.558. The normalized spacial score (nSPS) is 14.6. The molecule has 0 radical (unpaired) electrons. The van der Waals surface area contributed by atoms with E-state index in [9.17, 15) is 9.59 Å². The molecule has 9 heteroatoms. The fourth-order valence-electron chi connectivity index (χ4n) is 3.66. The first-order chi connectivity index (χ1) is 15.1. The van der Waals surface area contributed by atoms with Gasteiger partial charge in [0.1, 0.15) is 5.82 Å². The Bertz CT molecular complexity index is 1070. The third-order valence-electron chi connectivity index (χ3n) is 5.35. The smallest absolute Gasteiger partial charge is 0.339 e. The molecule has 1 saturated heterocycles. The van der Waals surface area contributed by atoms with Crippen molar-refractivity contribution in [1.82, 2.24) is 19.7 Å². The highest BCUT2D eigenvalue weighted by atomic mass is 16.5. The maximum absolute atomic E-state index is 11.8. The van der Waals surface area contributed by atoms with Gasteiger partial charge in [0.05, 0.1) is 43.2 Å². The zero-order valence-corrected chi connectivity index (χ0v) is 17.7. The van der Waals surface area contributed by atoms with Crippen molar-refractivity contribution in [2.45, 2.75) is 13.6 Å². The standard InChI is InChI=1S/C22H25N5O4/c1-3-31-22(29)17-5-7-20(23-13-17)26-10-8-25(9-11-26)15-27-19-6-4-16(21(28)30-2)12-18(19)14-24-27/h4-7,12-14H,3,8-11,15H2,1-2H3. The topological polar surface area (TPSA) is 89.8 Å². The average molecular weight is 423 g/mol. The summed E-state index contributed by atoms with van der Waals surface area (Å²) in [6, 6.07) is 9.08. The van der Waals surface area contributed by atoms with Gasteiger partial charge in [-0.05, 0) is 37.3 Å². The Balaban J connectivity index is 1.36. The van der Waals surface area contributed by atoms with E-state index in [0.717, 1.165) is 42.9 Å². The maximum Gasteiger partial charge on any atom is 0.339 e. The van der Waals surface area contributed by atoms with Crippen LogP contribution in [-0.2, 0) is 16.1 Å². The van der Waals surface area contributed by atoms with Crippen molar-refractivity contribution in [1.29, 1.82) is 0 Å². The second-order valence-corrected chi connectivity index (χ2v) is 7.28. The summed E-state index contributed by atoms with van der Waals surface area (Å²) < 4.78 is 11.7. The summed E-state index contributed by atoms with van der Waals surface area (Å²) in [6.07, 6.45) is 3.34. The number of hydrogen-bond donors (Lipinski definition) is 0. The number of hydrogen-bond acceptors (Lipinski definition) is 8. The molecule has 3 heterocycles. The number of fused-ring (bicyclic) bond motifs is 1. The van der Waals surface area contributed by atoms with E-state index in [2.05, 4.69) is 19.9 Å². The van der Waals surface area contributed by atoms with Gasteiger partial charge in [0.15, 0.2) is 0 Å². The molecule has 0 amide bonds. The van der Waals surface area contributed by atoms with Crippen LogP contribution in [0.25, 0.3) is 10.9 Å². The SMILES string of the molecule is CCOC(=O)c1ccc(N2CCN(Cn3ncc4cc(C(=O)OC)ccc43)CC2)nc1. The van der Waals surface area contributed by atoms with Crippen LogP contribution in [0.4, 0.5) is 5.82 Å². The number of benzene rings is 1. The van der Waals surface area contributed by atoms with E-state index >= 15 is 0 Å². The number of carbonyl (C=O) groups is 2. The first-order valence-corrected chi connectivity index (χ1v) is 10.2. The molecule has 162 valence electrons. The Hall–Kier alpha value is -3.46. The zero-order chi connectivity index (χ0) is 21.8. The molecule has 1 aliphatic heterocycles. The lowest BCUT2D eigenvalue weighted by Crippen LogP contribution is -2.47. The van der Waals surface area contributed by atoms with E-state index in [-0.39, 0.29) is 11.9 Å². The number of aromatic nitrogens is 3.